The molecule has 0 heterocycles. The van der Waals surface area contributed by atoms with Crippen molar-refractivity contribution in [3.8, 4) is 0 Å². The van der Waals surface area contributed by atoms with Gasteiger partial charge < -0.3 is 5.32 Å². The monoisotopic (exact) mass is 225 g/mol. The van der Waals surface area contributed by atoms with Crippen molar-refractivity contribution in [3.63, 3.8) is 0 Å². The van der Waals surface area contributed by atoms with Gasteiger partial charge >= 0.3 is 0 Å². The lowest BCUT2D eigenvalue weighted by Crippen LogP contribution is -2.32. The van der Waals surface area contributed by atoms with Crippen molar-refractivity contribution in [2.24, 2.45) is 11.3 Å². The highest BCUT2D eigenvalue weighted by Gasteiger charge is 2.26. The van der Waals surface area contributed by atoms with Crippen molar-refractivity contribution in [1.29, 1.82) is 0 Å². The van der Waals surface area contributed by atoms with Gasteiger partial charge in [0, 0.05) is 6.04 Å². The molecule has 1 heteroatoms. The molecule has 1 unspecified atom stereocenters. The van der Waals surface area contributed by atoms with Crippen LogP contribution in [0.5, 0.6) is 0 Å². The lowest BCUT2D eigenvalue weighted by Gasteiger charge is -2.31. The Balaban J connectivity index is 2.25. The molecule has 1 atom stereocenters. The van der Waals surface area contributed by atoms with Crippen LogP contribution in [0.15, 0.2) is 0 Å². The highest BCUT2D eigenvalue weighted by molar-refractivity contribution is 4.80. The predicted octanol–water partition coefficient (Wildman–Crippen LogP) is 4.37. The quantitative estimate of drug-likeness (QED) is 0.678. The van der Waals surface area contributed by atoms with Crippen molar-refractivity contribution >= 4 is 0 Å². The summed E-state index contributed by atoms with van der Waals surface area (Å²) in [7, 11) is 0. The summed E-state index contributed by atoms with van der Waals surface area (Å²) in [6, 6.07) is 0.677. The molecule has 1 nitrogen and oxygen atoms in total. The average molecular weight is 225 g/mol. The third-order valence-electron chi connectivity index (χ3n) is 3.92. The minimum Gasteiger partial charge on any atom is -0.314 e. The first-order valence-electron chi connectivity index (χ1n) is 7.27. The highest BCUT2D eigenvalue weighted by atomic mass is 14.9. The minimum atomic E-state index is 0.523. The fourth-order valence-corrected chi connectivity index (χ4v) is 3.37. The summed E-state index contributed by atoms with van der Waals surface area (Å²) in [6.45, 7) is 10.7. The summed E-state index contributed by atoms with van der Waals surface area (Å²) in [5.41, 5.74) is 0.523. The van der Waals surface area contributed by atoms with E-state index in [9.17, 15) is 0 Å². The molecular formula is C15H31N. The maximum absolute atomic E-state index is 3.61. The summed E-state index contributed by atoms with van der Waals surface area (Å²) in [6.07, 6.45) is 9.93. The van der Waals surface area contributed by atoms with Gasteiger partial charge in [-0.2, -0.15) is 0 Å². The van der Waals surface area contributed by atoms with Crippen LogP contribution in [0, 0.1) is 11.3 Å². The van der Waals surface area contributed by atoms with Crippen LogP contribution in [0.1, 0.15) is 72.6 Å². The molecule has 1 aliphatic rings. The summed E-state index contributed by atoms with van der Waals surface area (Å²) >= 11 is 0. The standard InChI is InChI=1S/C15H31N/c1-5-10-16-13(2)11-15(3,4)12-14-8-6-7-9-14/h13-14,16H,5-12H2,1-4H3. The van der Waals surface area contributed by atoms with Crippen LogP contribution in [0.3, 0.4) is 0 Å². The first-order valence-corrected chi connectivity index (χ1v) is 7.27. The van der Waals surface area contributed by atoms with E-state index in [1.807, 2.05) is 0 Å². The molecule has 0 saturated heterocycles. The van der Waals surface area contributed by atoms with Crippen molar-refractivity contribution in [3.05, 3.63) is 0 Å². The van der Waals surface area contributed by atoms with Crippen LogP contribution in [0.2, 0.25) is 0 Å². The van der Waals surface area contributed by atoms with Crippen molar-refractivity contribution in [2.75, 3.05) is 6.54 Å². The number of hydrogen-bond acceptors (Lipinski definition) is 1. The van der Waals surface area contributed by atoms with Crippen molar-refractivity contribution in [2.45, 2.75) is 78.7 Å². The Morgan fingerprint density at radius 2 is 1.88 bits per heavy atom. The van der Waals surface area contributed by atoms with Gasteiger partial charge in [0.15, 0.2) is 0 Å². The second-order valence-corrected chi connectivity index (χ2v) is 6.58. The zero-order valence-corrected chi connectivity index (χ0v) is 11.8. The van der Waals surface area contributed by atoms with E-state index >= 15 is 0 Å². The van der Waals surface area contributed by atoms with Crippen molar-refractivity contribution in [1.82, 2.24) is 5.32 Å². The molecule has 0 bridgehead atoms. The van der Waals surface area contributed by atoms with Gasteiger partial charge in [0.1, 0.15) is 0 Å². The summed E-state index contributed by atoms with van der Waals surface area (Å²) in [5, 5.41) is 3.61. The molecule has 0 aromatic heterocycles. The topological polar surface area (TPSA) is 12.0 Å². The Labute approximate surface area is 102 Å². The van der Waals surface area contributed by atoms with Gasteiger partial charge in [0.2, 0.25) is 0 Å². The Hall–Kier alpha value is -0.0400. The van der Waals surface area contributed by atoms with E-state index in [1.54, 1.807) is 0 Å². The summed E-state index contributed by atoms with van der Waals surface area (Å²) in [5.74, 6) is 1.02. The van der Waals surface area contributed by atoms with Gasteiger partial charge in [0.05, 0.1) is 0 Å². The van der Waals surface area contributed by atoms with Crippen LogP contribution < -0.4 is 5.32 Å². The van der Waals surface area contributed by atoms with Gasteiger partial charge in [-0.1, -0.05) is 46.5 Å². The molecule has 0 aliphatic heterocycles. The number of nitrogens with one attached hydrogen (secondary N) is 1. The molecule has 1 aliphatic carbocycles. The van der Waals surface area contributed by atoms with Crippen LogP contribution >= 0.6 is 0 Å². The first-order chi connectivity index (χ1) is 7.53. The highest BCUT2D eigenvalue weighted by Crippen LogP contribution is 2.37. The smallest absolute Gasteiger partial charge is 0.00438 e. The SMILES string of the molecule is CCCNC(C)CC(C)(C)CC1CCCC1. The van der Waals surface area contributed by atoms with Gasteiger partial charge in [-0.15, -0.1) is 0 Å². The maximum atomic E-state index is 3.61. The molecule has 1 rings (SSSR count). The van der Waals surface area contributed by atoms with E-state index in [-0.39, 0.29) is 0 Å². The lowest BCUT2D eigenvalue weighted by atomic mass is 9.77. The molecule has 1 fully saturated rings. The maximum Gasteiger partial charge on any atom is 0.00438 e. The van der Waals surface area contributed by atoms with E-state index < -0.39 is 0 Å². The predicted molar refractivity (Wildman–Crippen MR) is 72.7 cm³/mol. The van der Waals surface area contributed by atoms with Crippen LogP contribution in [-0.2, 0) is 0 Å². The normalized spacial score (nSPS) is 20.2. The Bertz CT molecular complexity index is 180. The molecule has 16 heavy (non-hydrogen) atoms. The lowest BCUT2D eigenvalue weighted by molar-refractivity contribution is 0.224. The first kappa shape index (κ1) is 14.0. The molecule has 0 aromatic carbocycles. The molecular weight excluding hydrogens is 194 g/mol. The van der Waals surface area contributed by atoms with Gasteiger partial charge in [-0.05, 0) is 44.1 Å². The van der Waals surface area contributed by atoms with Crippen LogP contribution in [-0.4, -0.2) is 12.6 Å². The van der Waals surface area contributed by atoms with Crippen LogP contribution in [0.25, 0.3) is 0 Å². The summed E-state index contributed by atoms with van der Waals surface area (Å²) < 4.78 is 0. The summed E-state index contributed by atoms with van der Waals surface area (Å²) in [4.78, 5) is 0. The zero-order valence-electron chi connectivity index (χ0n) is 11.8. The van der Waals surface area contributed by atoms with E-state index in [4.69, 9.17) is 0 Å². The van der Waals surface area contributed by atoms with E-state index in [0.717, 1.165) is 5.92 Å². The number of rotatable bonds is 7. The Kier molecular flexibility index (Phi) is 5.82. The second kappa shape index (κ2) is 6.64. The van der Waals surface area contributed by atoms with Crippen LogP contribution in [0.4, 0.5) is 0 Å². The third kappa shape index (κ3) is 5.34. The van der Waals surface area contributed by atoms with Gasteiger partial charge in [-0.3, -0.25) is 0 Å². The fraction of sp³-hybridized carbons (Fsp3) is 1.00. The fourth-order valence-electron chi connectivity index (χ4n) is 3.37. The molecule has 0 radical (unpaired) electrons. The molecule has 0 amide bonds. The average Bonchev–Trinajstić information content (AvgIpc) is 2.65. The second-order valence-electron chi connectivity index (χ2n) is 6.58. The molecule has 96 valence electrons. The van der Waals surface area contributed by atoms with Gasteiger partial charge in [0.25, 0.3) is 0 Å². The molecule has 0 aromatic rings. The Morgan fingerprint density at radius 3 is 2.44 bits per heavy atom. The third-order valence-corrected chi connectivity index (χ3v) is 3.92. The molecule has 1 N–H and O–H groups in total. The van der Waals surface area contributed by atoms with E-state index in [2.05, 4.69) is 33.0 Å². The largest absolute Gasteiger partial charge is 0.314 e. The number of hydrogen-bond donors (Lipinski definition) is 1. The Morgan fingerprint density at radius 1 is 1.25 bits per heavy atom. The van der Waals surface area contributed by atoms with E-state index in [1.165, 1.54) is 51.5 Å². The minimum absolute atomic E-state index is 0.523. The zero-order chi connectivity index (χ0) is 12.0. The van der Waals surface area contributed by atoms with Crippen molar-refractivity contribution < 1.29 is 0 Å². The molecule has 0 spiro atoms. The van der Waals surface area contributed by atoms with Gasteiger partial charge in [-0.25, -0.2) is 0 Å². The van der Waals surface area contributed by atoms with E-state index in [0.29, 0.717) is 11.5 Å². The molecule has 1 saturated carbocycles.